The first kappa shape index (κ1) is 15.0. The van der Waals surface area contributed by atoms with Crippen molar-refractivity contribution < 1.29 is 4.39 Å². The molecule has 1 aromatic carbocycles. The molecule has 1 rings (SSSR count). The van der Waals surface area contributed by atoms with Crippen molar-refractivity contribution >= 4 is 5.69 Å². The molecule has 1 aromatic rings. The number of hydrogen-bond acceptors (Lipinski definition) is 2. The van der Waals surface area contributed by atoms with Crippen molar-refractivity contribution in [2.24, 2.45) is 5.92 Å². The van der Waals surface area contributed by atoms with Crippen LogP contribution in [0.5, 0.6) is 0 Å². The predicted octanol–water partition coefficient (Wildman–Crippen LogP) is 3.29. The fourth-order valence-corrected chi connectivity index (χ4v) is 1.81. The van der Waals surface area contributed by atoms with Crippen LogP contribution in [0.25, 0.3) is 0 Å². The average molecular weight is 252 g/mol. The van der Waals surface area contributed by atoms with Crippen LogP contribution in [0.1, 0.15) is 27.7 Å². The first-order valence-corrected chi connectivity index (χ1v) is 6.78. The molecule has 0 heterocycles. The summed E-state index contributed by atoms with van der Waals surface area (Å²) in [6.45, 7) is 11.4. The summed E-state index contributed by atoms with van der Waals surface area (Å²) in [5.41, 5.74) is 0.955. The van der Waals surface area contributed by atoms with Gasteiger partial charge in [-0.2, -0.15) is 0 Å². The summed E-state index contributed by atoms with van der Waals surface area (Å²) in [5.74, 6) is 0.462. The summed E-state index contributed by atoms with van der Waals surface area (Å²) in [6, 6.07) is 7.30. The minimum Gasteiger partial charge on any atom is -0.370 e. The van der Waals surface area contributed by atoms with Crippen molar-refractivity contribution in [1.29, 1.82) is 0 Å². The number of benzene rings is 1. The van der Waals surface area contributed by atoms with E-state index in [1.54, 1.807) is 12.1 Å². The molecular weight excluding hydrogens is 227 g/mol. The number of hydrogen-bond donors (Lipinski definition) is 1. The Morgan fingerprint density at radius 1 is 1.28 bits per heavy atom. The van der Waals surface area contributed by atoms with E-state index < -0.39 is 0 Å². The van der Waals surface area contributed by atoms with Crippen LogP contribution in [0.2, 0.25) is 0 Å². The highest BCUT2D eigenvalue weighted by molar-refractivity contribution is 5.46. The van der Waals surface area contributed by atoms with Gasteiger partial charge in [-0.3, -0.25) is 0 Å². The number of anilines is 1. The van der Waals surface area contributed by atoms with E-state index in [1.807, 2.05) is 6.07 Å². The van der Waals surface area contributed by atoms with E-state index in [1.165, 1.54) is 6.07 Å². The van der Waals surface area contributed by atoms with E-state index in [0.717, 1.165) is 25.3 Å². The number of likely N-dealkylation sites (N-methyl/N-ethyl adjacent to an activating group) is 1. The Kier molecular flexibility index (Phi) is 6.13. The Morgan fingerprint density at radius 3 is 2.56 bits per heavy atom. The van der Waals surface area contributed by atoms with Gasteiger partial charge < -0.3 is 10.2 Å². The molecule has 0 amide bonds. The summed E-state index contributed by atoms with van der Waals surface area (Å²) in [5, 5.41) is 3.50. The van der Waals surface area contributed by atoms with Crippen LogP contribution in [0.3, 0.4) is 0 Å². The van der Waals surface area contributed by atoms with Crippen LogP contribution in [-0.2, 0) is 0 Å². The smallest absolute Gasteiger partial charge is 0.125 e. The molecule has 1 atom stereocenters. The van der Waals surface area contributed by atoms with Crippen LogP contribution >= 0.6 is 0 Å². The minimum absolute atomic E-state index is 0.172. The third-order valence-electron chi connectivity index (χ3n) is 3.40. The van der Waals surface area contributed by atoms with Gasteiger partial charge in [-0.25, -0.2) is 4.39 Å². The highest BCUT2D eigenvalue weighted by Crippen LogP contribution is 2.14. The van der Waals surface area contributed by atoms with Gasteiger partial charge in [0.2, 0.25) is 0 Å². The highest BCUT2D eigenvalue weighted by atomic mass is 19.1. The van der Waals surface area contributed by atoms with Crippen molar-refractivity contribution in [2.45, 2.75) is 33.7 Å². The lowest BCUT2D eigenvalue weighted by atomic mass is 10.1. The Balaban J connectivity index is 2.48. The first-order chi connectivity index (χ1) is 8.54. The third-order valence-corrected chi connectivity index (χ3v) is 3.40. The second kappa shape index (κ2) is 7.37. The molecule has 0 aliphatic carbocycles. The molecule has 0 aliphatic heterocycles. The Labute approximate surface area is 110 Å². The lowest BCUT2D eigenvalue weighted by molar-refractivity contribution is 0.430. The quantitative estimate of drug-likeness (QED) is 0.801. The maximum atomic E-state index is 13.2. The van der Waals surface area contributed by atoms with Crippen LogP contribution in [0.15, 0.2) is 24.3 Å². The topological polar surface area (TPSA) is 15.3 Å². The van der Waals surface area contributed by atoms with Gasteiger partial charge in [-0.05, 0) is 38.0 Å². The van der Waals surface area contributed by atoms with Gasteiger partial charge in [0.05, 0.1) is 0 Å². The Hall–Kier alpha value is -1.09. The maximum Gasteiger partial charge on any atom is 0.125 e. The van der Waals surface area contributed by atoms with Gasteiger partial charge in [-0.15, -0.1) is 0 Å². The molecule has 102 valence electrons. The molecule has 0 spiro atoms. The molecule has 1 unspecified atom stereocenters. The molecule has 0 aliphatic rings. The SMILES string of the molecule is CCN(CCNC(C)C(C)C)c1cccc(F)c1. The van der Waals surface area contributed by atoms with Crippen molar-refractivity contribution in [3.05, 3.63) is 30.1 Å². The van der Waals surface area contributed by atoms with E-state index in [0.29, 0.717) is 12.0 Å². The average Bonchev–Trinajstić information content (AvgIpc) is 2.34. The zero-order chi connectivity index (χ0) is 13.5. The number of nitrogens with zero attached hydrogens (tertiary/aromatic N) is 1. The van der Waals surface area contributed by atoms with E-state index in [4.69, 9.17) is 0 Å². The zero-order valence-corrected chi connectivity index (χ0v) is 11.9. The number of halogens is 1. The minimum atomic E-state index is -0.172. The van der Waals surface area contributed by atoms with Gasteiger partial charge in [0.25, 0.3) is 0 Å². The Morgan fingerprint density at radius 2 is 2.00 bits per heavy atom. The summed E-state index contributed by atoms with van der Waals surface area (Å²) in [7, 11) is 0. The van der Waals surface area contributed by atoms with E-state index in [-0.39, 0.29) is 5.82 Å². The first-order valence-electron chi connectivity index (χ1n) is 6.78. The highest BCUT2D eigenvalue weighted by Gasteiger charge is 2.08. The van der Waals surface area contributed by atoms with Crippen molar-refractivity contribution in [1.82, 2.24) is 5.32 Å². The van der Waals surface area contributed by atoms with Crippen LogP contribution < -0.4 is 10.2 Å². The lowest BCUT2D eigenvalue weighted by Gasteiger charge is -2.25. The van der Waals surface area contributed by atoms with Crippen LogP contribution in [-0.4, -0.2) is 25.7 Å². The predicted molar refractivity (Wildman–Crippen MR) is 76.6 cm³/mol. The fraction of sp³-hybridized carbons (Fsp3) is 0.600. The molecule has 0 aromatic heterocycles. The molecule has 1 N–H and O–H groups in total. The van der Waals surface area contributed by atoms with E-state index in [2.05, 4.69) is 37.9 Å². The van der Waals surface area contributed by atoms with Gasteiger partial charge in [-0.1, -0.05) is 19.9 Å². The van der Waals surface area contributed by atoms with Crippen molar-refractivity contribution in [2.75, 3.05) is 24.5 Å². The molecule has 3 heteroatoms. The summed E-state index contributed by atoms with van der Waals surface area (Å²) in [6.07, 6.45) is 0. The van der Waals surface area contributed by atoms with Gasteiger partial charge in [0, 0.05) is 31.4 Å². The summed E-state index contributed by atoms with van der Waals surface area (Å²) < 4.78 is 13.2. The van der Waals surface area contributed by atoms with Gasteiger partial charge >= 0.3 is 0 Å². The maximum absolute atomic E-state index is 13.2. The van der Waals surface area contributed by atoms with Crippen LogP contribution in [0, 0.1) is 11.7 Å². The summed E-state index contributed by atoms with van der Waals surface area (Å²) >= 11 is 0. The molecule has 0 bridgehead atoms. The van der Waals surface area contributed by atoms with Crippen molar-refractivity contribution in [3.63, 3.8) is 0 Å². The molecule has 18 heavy (non-hydrogen) atoms. The standard InChI is InChI=1S/C15H25FN2/c1-5-18(10-9-17-13(4)12(2)3)15-8-6-7-14(16)11-15/h6-8,11-13,17H,5,9-10H2,1-4H3. The Bertz CT molecular complexity index is 352. The molecule has 0 saturated heterocycles. The molecular formula is C15H25FN2. The molecule has 0 radical (unpaired) electrons. The molecule has 0 saturated carbocycles. The van der Waals surface area contributed by atoms with Gasteiger partial charge in [0.15, 0.2) is 0 Å². The monoisotopic (exact) mass is 252 g/mol. The van der Waals surface area contributed by atoms with Gasteiger partial charge in [0.1, 0.15) is 5.82 Å². The largest absolute Gasteiger partial charge is 0.370 e. The normalized spacial score (nSPS) is 12.8. The van der Waals surface area contributed by atoms with E-state index >= 15 is 0 Å². The second-order valence-corrected chi connectivity index (χ2v) is 5.05. The molecule has 0 fully saturated rings. The number of nitrogens with one attached hydrogen (secondary N) is 1. The van der Waals surface area contributed by atoms with Crippen molar-refractivity contribution in [3.8, 4) is 0 Å². The third kappa shape index (κ3) is 4.65. The second-order valence-electron chi connectivity index (χ2n) is 5.05. The fourth-order valence-electron chi connectivity index (χ4n) is 1.81. The summed E-state index contributed by atoms with van der Waals surface area (Å²) in [4.78, 5) is 2.18. The molecule has 2 nitrogen and oxygen atoms in total. The lowest BCUT2D eigenvalue weighted by Crippen LogP contribution is -2.38. The van der Waals surface area contributed by atoms with Crippen LogP contribution in [0.4, 0.5) is 10.1 Å². The number of rotatable bonds is 7. The van der Waals surface area contributed by atoms with E-state index in [9.17, 15) is 4.39 Å². The zero-order valence-electron chi connectivity index (χ0n) is 11.9.